The minimum absolute atomic E-state index is 0.370. The molecule has 0 bridgehead atoms. The normalized spacial score (nSPS) is 13.5. The van der Waals surface area contributed by atoms with Gasteiger partial charge in [-0.2, -0.15) is 0 Å². The number of aliphatic hydroxyl groups excluding tert-OH is 1. The van der Waals surface area contributed by atoms with Gasteiger partial charge in [0.1, 0.15) is 0 Å². The van der Waals surface area contributed by atoms with Gasteiger partial charge in [0, 0.05) is 19.0 Å². The largest absolute Gasteiger partial charge is 0.389 e. The van der Waals surface area contributed by atoms with Gasteiger partial charge >= 0.3 is 0 Å². The van der Waals surface area contributed by atoms with Crippen molar-refractivity contribution in [2.45, 2.75) is 13.0 Å². The maximum absolute atomic E-state index is 9.04. The first-order valence-corrected chi connectivity index (χ1v) is 5.04. The van der Waals surface area contributed by atoms with E-state index in [1.165, 1.54) is 9.88 Å². The topological polar surface area (TPSA) is 23.5 Å². The number of hydrogen-bond acceptors (Lipinski definition) is 3. The smallest absolute Gasteiger partial charge is 0.0909 e. The quantitative estimate of drug-likeness (QED) is 0.803. The molecule has 0 spiro atoms. The number of thiophene rings is 1. The van der Waals surface area contributed by atoms with E-state index in [0.717, 1.165) is 0 Å². The summed E-state index contributed by atoms with van der Waals surface area (Å²) in [6.07, 6.45) is 3.36. The fraction of sp³-hybridized carbons (Fsp3) is 0.400. The van der Waals surface area contributed by atoms with Gasteiger partial charge in [0.2, 0.25) is 0 Å². The molecule has 0 fully saturated rings. The zero-order valence-corrected chi connectivity index (χ0v) is 9.01. The van der Waals surface area contributed by atoms with Crippen molar-refractivity contribution in [1.82, 2.24) is 0 Å². The van der Waals surface area contributed by atoms with E-state index in [9.17, 15) is 0 Å². The van der Waals surface area contributed by atoms with Crippen molar-refractivity contribution in [3.05, 3.63) is 23.1 Å². The molecule has 0 radical (unpaired) electrons. The van der Waals surface area contributed by atoms with Gasteiger partial charge in [0.25, 0.3) is 0 Å². The maximum Gasteiger partial charge on any atom is 0.0909 e. The zero-order chi connectivity index (χ0) is 9.84. The van der Waals surface area contributed by atoms with E-state index >= 15 is 0 Å². The Morgan fingerprint density at radius 3 is 2.62 bits per heavy atom. The molecule has 1 N–H and O–H groups in total. The van der Waals surface area contributed by atoms with Crippen LogP contribution in [0.3, 0.4) is 0 Å². The molecular formula is C10H15NOS. The van der Waals surface area contributed by atoms with Crippen LogP contribution in [-0.2, 0) is 0 Å². The van der Waals surface area contributed by atoms with Gasteiger partial charge in [-0.05, 0) is 25.1 Å². The lowest BCUT2D eigenvalue weighted by molar-refractivity contribution is 0.245. The van der Waals surface area contributed by atoms with Crippen LogP contribution in [0.1, 0.15) is 11.8 Å². The Hall–Kier alpha value is -0.800. The Morgan fingerprint density at radius 1 is 1.46 bits per heavy atom. The van der Waals surface area contributed by atoms with Crippen molar-refractivity contribution in [3.8, 4) is 0 Å². The molecule has 1 unspecified atom stereocenters. The lowest BCUT2D eigenvalue weighted by atomic mass is 10.3. The minimum atomic E-state index is -0.370. The Kier molecular flexibility index (Phi) is 3.51. The van der Waals surface area contributed by atoms with Gasteiger partial charge in [-0.3, -0.25) is 0 Å². The molecule has 0 saturated carbocycles. The zero-order valence-electron chi connectivity index (χ0n) is 8.19. The summed E-state index contributed by atoms with van der Waals surface area (Å²) in [6.45, 7) is 1.75. The van der Waals surface area contributed by atoms with Gasteiger partial charge < -0.3 is 10.0 Å². The average molecular weight is 197 g/mol. The van der Waals surface area contributed by atoms with Gasteiger partial charge in [0.05, 0.1) is 11.1 Å². The Morgan fingerprint density at radius 2 is 2.15 bits per heavy atom. The molecule has 3 heteroatoms. The average Bonchev–Trinajstić information content (AvgIpc) is 2.48. The highest BCUT2D eigenvalue weighted by molar-refractivity contribution is 7.16. The second-order valence-electron chi connectivity index (χ2n) is 3.17. The Labute approximate surface area is 83.1 Å². The standard InChI is InChI=1S/C10H15NOS/c1-8(12)4-5-9-6-7-10(13-9)11(2)3/h4-8,12H,1-3H3/b5-4+. The number of anilines is 1. The second kappa shape index (κ2) is 4.44. The fourth-order valence-corrected chi connectivity index (χ4v) is 1.75. The highest BCUT2D eigenvalue weighted by atomic mass is 32.1. The molecule has 0 aromatic carbocycles. The summed E-state index contributed by atoms with van der Waals surface area (Å²) in [6, 6.07) is 4.13. The van der Waals surface area contributed by atoms with Crippen molar-refractivity contribution in [3.63, 3.8) is 0 Å². The second-order valence-corrected chi connectivity index (χ2v) is 4.26. The molecule has 1 rings (SSSR count). The molecule has 1 aromatic heterocycles. The van der Waals surface area contributed by atoms with Gasteiger partial charge in [-0.25, -0.2) is 0 Å². The fourth-order valence-electron chi connectivity index (χ4n) is 0.906. The predicted octanol–water partition coefficient (Wildman–Crippen LogP) is 2.21. The summed E-state index contributed by atoms with van der Waals surface area (Å²) in [5, 5.41) is 10.3. The van der Waals surface area contributed by atoms with Crippen LogP contribution in [0.15, 0.2) is 18.2 Å². The van der Waals surface area contributed by atoms with E-state index in [2.05, 4.69) is 17.0 Å². The predicted molar refractivity (Wildman–Crippen MR) is 59.4 cm³/mol. The summed E-state index contributed by atoms with van der Waals surface area (Å²) in [5.74, 6) is 0. The van der Waals surface area contributed by atoms with Crippen molar-refractivity contribution in [1.29, 1.82) is 0 Å². The van der Waals surface area contributed by atoms with E-state index in [0.29, 0.717) is 0 Å². The van der Waals surface area contributed by atoms with E-state index in [1.54, 1.807) is 24.3 Å². The molecular weight excluding hydrogens is 182 g/mol. The van der Waals surface area contributed by atoms with Crippen molar-refractivity contribution >= 4 is 22.4 Å². The summed E-state index contributed by atoms with van der Waals surface area (Å²) < 4.78 is 0. The third kappa shape index (κ3) is 3.20. The first kappa shape index (κ1) is 10.3. The third-order valence-corrected chi connectivity index (χ3v) is 2.81. The molecule has 72 valence electrons. The molecule has 0 aliphatic carbocycles. The molecule has 1 atom stereocenters. The van der Waals surface area contributed by atoms with Gasteiger partial charge in [-0.15, -0.1) is 11.3 Å². The third-order valence-electron chi connectivity index (χ3n) is 1.59. The summed E-state index contributed by atoms with van der Waals surface area (Å²) in [7, 11) is 4.04. The molecule has 0 saturated heterocycles. The Balaban J connectivity index is 2.69. The van der Waals surface area contributed by atoms with Crippen LogP contribution in [0.4, 0.5) is 5.00 Å². The van der Waals surface area contributed by atoms with E-state index in [-0.39, 0.29) is 6.10 Å². The van der Waals surface area contributed by atoms with Crippen LogP contribution < -0.4 is 4.90 Å². The number of aliphatic hydroxyl groups is 1. The van der Waals surface area contributed by atoms with Crippen LogP contribution in [0.2, 0.25) is 0 Å². The van der Waals surface area contributed by atoms with Gasteiger partial charge in [-0.1, -0.05) is 6.08 Å². The lowest BCUT2D eigenvalue weighted by Gasteiger charge is -2.06. The van der Waals surface area contributed by atoms with Crippen molar-refractivity contribution in [2.75, 3.05) is 19.0 Å². The number of rotatable bonds is 3. The molecule has 1 aromatic rings. The van der Waals surface area contributed by atoms with Crippen LogP contribution in [0.5, 0.6) is 0 Å². The van der Waals surface area contributed by atoms with E-state index in [4.69, 9.17) is 5.11 Å². The van der Waals surface area contributed by atoms with Crippen molar-refractivity contribution in [2.24, 2.45) is 0 Å². The van der Waals surface area contributed by atoms with Crippen LogP contribution >= 0.6 is 11.3 Å². The minimum Gasteiger partial charge on any atom is -0.389 e. The molecule has 13 heavy (non-hydrogen) atoms. The monoisotopic (exact) mass is 197 g/mol. The maximum atomic E-state index is 9.04. The van der Waals surface area contributed by atoms with Crippen LogP contribution in [-0.4, -0.2) is 25.3 Å². The summed E-state index contributed by atoms with van der Waals surface area (Å²) >= 11 is 1.71. The SMILES string of the molecule is CC(O)/C=C/c1ccc(N(C)C)s1. The number of hydrogen-bond donors (Lipinski definition) is 1. The molecule has 2 nitrogen and oxygen atoms in total. The molecule has 0 aliphatic heterocycles. The van der Waals surface area contributed by atoms with Gasteiger partial charge in [0.15, 0.2) is 0 Å². The molecule has 0 amide bonds. The molecule has 1 heterocycles. The lowest BCUT2D eigenvalue weighted by Crippen LogP contribution is -2.05. The summed E-state index contributed by atoms with van der Waals surface area (Å²) in [4.78, 5) is 3.24. The van der Waals surface area contributed by atoms with Crippen LogP contribution in [0.25, 0.3) is 6.08 Å². The van der Waals surface area contributed by atoms with E-state index in [1.807, 2.05) is 20.2 Å². The molecule has 0 aliphatic rings. The van der Waals surface area contributed by atoms with Crippen molar-refractivity contribution < 1.29 is 5.11 Å². The first-order valence-electron chi connectivity index (χ1n) is 4.23. The highest BCUT2D eigenvalue weighted by Crippen LogP contribution is 2.25. The van der Waals surface area contributed by atoms with Crippen LogP contribution in [0, 0.1) is 0 Å². The highest BCUT2D eigenvalue weighted by Gasteiger charge is 1.98. The first-order chi connectivity index (χ1) is 6.09. The number of nitrogens with zero attached hydrogens (tertiary/aromatic N) is 1. The Bertz CT molecular complexity index is 289. The van der Waals surface area contributed by atoms with E-state index < -0.39 is 0 Å². The summed E-state index contributed by atoms with van der Waals surface area (Å²) in [5.41, 5.74) is 0.